The number of halogens is 2. The average molecular weight is 212 g/mol. The summed E-state index contributed by atoms with van der Waals surface area (Å²) in [6.07, 6.45) is 0. The number of rotatable bonds is 1. The molecule has 1 heterocycles. The van der Waals surface area contributed by atoms with Crippen molar-refractivity contribution in [1.82, 2.24) is 14.8 Å². The topological polar surface area (TPSA) is 30.7 Å². The Balaban J connectivity index is 2.55. The van der Waals surface area contributed by atoms with Crippen LogP contribution in [-0.4, -0.2) is 14.8 Å². The van der Waals surface area contributed by atoms with Gasteiger partial charge in [-0.25, -0.2) is 9.07 Å². The number of nitrogens with zero attached hydrogens (tertiary/aromatic N) is 3. The number of benzene rings is 1. The molecule has 0 unspecified atom stereocenters. The maximum absolute atomic E-state index is 13.3. The van der Waals surface area contributed by atoms with Crippen LogP contribution < -0.4 is 0 Å². The van der Waals surface area contributed by atoms with Crippen molar-refractivity contribution in [1.29, 1.82) is 0 Å². The minimum Gasteiger partial charge on any atom is -0.239 e. The first-order chi connectivity index (χ1) is 6.68. The van der Waals surface area contributed by atoms with E-state index in [1.54, 1.807) is 25.2 Å². The molecule has 0 amide bonds. The Bertz CT molecular complexity index is 447. The molecule has 0 aliphatic rings. The van der Waals surface area contributed by atoms with Gasteiger partial charge in [-0.05, 0) is 23.7 Å². The molecule has 0 aliphatic heterocycles. The highest BCUT2D eigenvalue weighted by atomic mass is 35.5. The fourth-order valence-corrected chi connectivity index (χ4v) is 1.24. The van der Waals surface area contributed by atoms with Gasteiger partial charge in [0, 0.05) is 7.05 Å². The van der Waals surface area contributed by atoms with Gasteiger partial charge in [0.05, 0.1) is 5.56 Å². The molecule has 0 atom stereocenters. The Labute approximate surface area is 85.1 Å². The molecule has 0 fully saturated rings. The second kappa shape index (κ2) is 3.38. The molecule has 0 N–H and O–H groups in total. The van der Waals surface area contributed by atoms with Crippen LogP contribution in [0.1, 0.15) is 0 Å². The van der Waals surface area contributed by atoms with Crippen molar-refractivity contribution in [3.05, 3.63) is 35.4 Å². The standard InChI is InChI=1S/C9H7ClFN3/c1-14-9(10)12-8(13-14)6-4-2-3-5-7(6)11/h2-5H,1H3. The summed E-state index contributed by atoms with van der Waals surface area (Å²) in [6, 6.07) is 6.31. The molecule has 3 nitrogen and oxygen atoms in total. The molecule has 0 bridgehead atoms. The summed E-state index contributed by atoms with van der Waals surface area (Å²) in [5.74, 6) is -0.0506. The van der Waals surface area contributed by atoms with Gasteiger partial charge in [-0.15, -0.1) is 5.10 Å². The van der Waals surface area contributed by atoms with Gasteiger partial charge < -0.3 is 0 Å². The van der Waals surface area contributed by atoms with E-state index in [-0.39, 0.29) is 11.1 Å². The van der Waals surface area contributed by atoms with E-state index in [9.17, 15) is 4.39 Å². The van der Waals surface area contributed by atoms with Gasteiger partial charge >= 0.3 is 0 Å². The second-order valence-electron chi connectivity index (χ2n) is 2.81. The van der Waals surface area contributed by atoms with Gasteiger partial charge in [-0.3, -0.25) is 0 Å². The maximum Gasteiger partial charge on any atom is 0.221 e. The number of aromatic nitrogens is 3. The third-order valence-corrected chi connectivity index (χ3v) is 2.15. The van der Waals surface area contributed by atoms with E-state index in [1.165, 1.54) is 10.7 Å². The zero-order valence-electron chi connectivity index (χ0n) is 7.41. The highest BCUT2D eigenvalue weighted by molar-refractivity contribution is 6.28. The van der Waals surface area contributed by atoms with Crippen molar-refractivity contribution >= 4 is 11.6 Å². The normalized spacial score (nSPS) is 10.5. The van der Waals surface area contributed by atoms with Crippen LogP contribution in [0.4, 0.5) is 4.39 Å². The first-order valence-electron chi connectivity index (χ1n) is 4.00. The average Bonchev–Trinajstić information content (AvgIpc) is 2.48. The lowest BCUT2D eigenvalue weighted by Crippen LogP contribution is -1.90. The van der Waals surface area contributed by atoms with Crippen molar-refractivity contribution < 1.29 is 4.39 Å². The van der Waals surface area contributed by atoms with Gasteiger partial charge in [0.25, 0.3) is 0 Å². The van der Waals surface area contributed by atoms with Crippen LogP contribution in [0, 0.1) is 5.82 Å². The first-order valence-corrected chi connectivity index (χ1v) is 4.37. The summed E-state index contributed by atoms with van der Waals surface area (Å²) < 4.78 is 14.7. The summed E-state index contributed by atoms with van der Waals surface area (Å²) in [6.45, 7) is 0. The molecule has 5 heteroatoms. The Morgan fingerprint density at radius 2 is 2.07 bits per heavy atom. The van der Waals surface area contributed by atoms with Crippen LogP contribution in [-0.2, 0) is 7.05 Å². The Kier molecular flexibility index (Phi) is 2.21. The van der Waals surface area contributed by atoms with Crippen LogP contribution in [0.5, 0.6) is 0 Å². The van der Waals surface area contributed by atoms with E-state index in [0.29, 0.717) is 11.4 Å². The van der Waals surface area contributed by atoms with Gasteiger partial charge in [-0.2, -0.15) is 4.98 Å². The number of aryl methyl sites for hydroxylation is 1. The number of hydrogen-bond acceptors (Lipinski definition) is 2. The molecule has 0 radical (unpaired) electrons. The molecule has 1 aromatic heterocycles. The van der Waals surface area contributed by atoms with Gasteiger partial charge in [-0.1, -0.05) is 12.1 Å². The van der Waals surface area contributed by atoms with Gasteiger partial charge in [0.2, 0.25) is 5.28 Å². The zero-order chi connectivity index (χ0) is 10.1. The predicted octanol–water partition coefficient (Wildman–Crippen LogP) is 2.27. The Morgan fingerprint density at radius 1 is 1.36 bits per heavy atom. The smallest absolute Gasteiger partial charge is 0.221 e. The van der Waals surface area contributed by atoms with E-state index < -0.39 is 0 Å². The first kappa shape index (κ1) is 9.15. The van der Waals surface area contributed by atoms with E-state index in [0.717, 1.165) is 0 Å². The largest absolute Gasteiger partial charge is 0.239 e. The summed E-state index contributed by atoms with van der Waals surface area (Å²) in [4.78, 5) is 3.92. The highest BCUT2D eigenvalue weighted by Crippen LogP contribution is 2.19. The van der Waals surface area contributed by atoms with Crippen LogP contribution >= 0.6 is 11.6 Å². The fourth-order valence-electron chi connectivity index (χ4n) is 1.12. The van der Waals surface area contributed by atoms with E-state index in [2.05, 4.69) is 10.1 Å². The number of hydrogen-bond donors (Lipinski definition) is 0. The summed E-state index contributed by atoms with van der Waals surface area (Å²) in [7, 11) is 1.65. The van der Waals surface area contributed by atoms with Crippen LogP contribution in [0.2, 0.25) is 5.28 Å². The summed E-state index contributed by atoms with van der Waals surface area (Å²) in [5.41, 5.74) is 0.356. The molecule has 72 valence electrons. The Hall–Kier alpha value is -1.42. The van der Waals surface area contributed by atoms with Crippen molar-refractivity contribution in [3.63, 3.8) is 0 Å². The van der Waals surface area contributed by atoms with Crippen LogP contribution in [0.15, 0.2) is 24.3 Å². The van der Waals surface area contributed by atoms with Crippen LogP contribution in [0.25, 0.3) is 11.4 Å². The molecule has 0 spiro atoms. The SMILES string of the molecule is Cn1nc(-c2ccccc2F)nc1Cl. The lowest BCUT2D eigenvalue weighted by atomic mass is 10.2. The lowest BCUT2D eigenvalue weighted by Gasteiger charge is -1.95. The quantitative estimate of drug-likeness (QED) is 0.725. The van der Waals surface area contributed by atoms with Crippen molar-refractivity contribution in [2.24, 2.45) is 7.05 Å². The van der Waals surface area contributed by atoms with Crippen molar-refractivity contribution in [3.8, 4) is 11.4 Å². The second-order valence-corrected chi connectivity index (χ2v) is 3.15. The van der Waals surface area contributed by atoms with Crippen LogP contribution in [0.3, 0.4) is 0 Å². The highest BCUT2D eigenvalue weighted by Gasteiger charge is 2.10. The molecule has 0 saturated heterocycles. The molecule has 14 heavy (non-hydrogen) atoms. The van der Waals surface area contributed by atoms with E-state index in [1.807, 2.05) is 0 Å². The molecule has 1 aromatic carbocycles. The third-order valence-electron chi connectivity index (χ3n) is 1.82. The minimum atomic E-state index is -0.352. The molecule has 0 aliphatic carbocycles. The van der Waals surface area contributed by atoms with Crippen molar-refractivity contribution in [2.45, 2.75) is 0 Å². The van der Waals surface area contributed by atoms with E-state index >= 15 is 0 Å². The summed E-state index contributed by atoms with van der Waals surface area (Å²) >= 11 is 5.70. The third kappa shape index (κ3) is 1.48. The predicted molar refractivity (Wildman–Crippen MR) is 51.4 cm³/mol. The lowest BCUT2D eigenvalue weighted by molar-refractivity contribution is 0.629. The maximum atomic E-state index is 13.3. The monoisotopic (exact) mass is 211 g/mol. The van der Waals surface area contributed by atoms with E-state index in [4.69, 9.17) is 11.6 Å². The fraction of sp³-hybridized carbons (Fsp3) is 0.111. The summed E-state index contributed by atoms with van der Waals surface area (Å²) in [5, 5.41) is 4.21. The zero-order valence-corrected chi connectivity index (χ0v) is 8.16. The molecule has 0 saturated carbocycles. The van der Waals surface area contributed by atoms with Gasteiger partial charge in [0.15, 0.2) is 5.82 Å². The Morgan fingerprint density at radius 3 is 2.64 bits per heavy atom. The molecule has 2 aromatic rings. The minimum absolute atomic E-state index is 0.239. The van der Waals surface area contributed by atoms with Gasteiger partial charge in [0.1, 0.15) is 5.82 Å². The molecular weight excluding hydrogens is 205 g/mol. The molecular formula is C9H7ClFN3. The van der Waals surface area contributed by atoms with Crippen molar-refractivity contribution in [2.75, 3.05) is 0 Å². The molecule has 2 rings (SSSR count).